The molecule has 0 saturated heterocycles. The number of para-hydroxylation sites is 2. The predicted octanol–water partition coefficient (Wildman–Crippen LogP) is 1.80. The average Bonchev–Trinajstić information content (AvgIpc) is 2.68. The second-order valence-corrected chi connectivity index (χ2v) is 4.96. The summed E-state index contributed by atoms with van der Waals surface area (Å²) in [7, 11) is 4.52. The highest BCUT2D eigenvalue weighted by atomic mass is 16.5. The summed E-state index contributed by atoms with van der Waals surface area (Å²) in [6.45, 7) is 0. The number of nitrogens with zero attached hydrogens (tertiary/aromatic N) is 1. The summed E-state index contributed by atoms with van der Waals surface area (Å²) < 4.78 is 15.4. The van der Waals surface area contributed by atoms with Crippen molar-refractivity contribution in [3.8, 4) is 17.2 Å². The van der Waals surface area contributed by atoms with Crippen molar-refractivity contribution >= 4 is 23.7 Å². The van der Waals surface area contributed by atoms with Gasteiger partial charge in [-0.05, 0) is 24.3 Å². The van der Waals surface area contributed by atoms with Gasteiger partial charge in [0, 0.05) is 11.6 Å². The van der Waals surface area contributed by atoms with Gasteiger partial charge in [-0.3, -0.25) is 9.59 Å². The minimum Gasteiger partial charge on any atom is -0.497 e. The van der Waals surface area contributed by atoms with E-state index in [2.05, 4.69) is 15.8 Å². The highest BCUT2D eigenvalue weighted by Gasteiger charge is 2.15. The van der Waals surface area contributed by atoms with Crippen LogP contribution in [-0.2, 0) is 9.59 Å². The molecule has 136 valence electrons. The summed E-state index contributed by atoms with van der Waals surface area (Å²) in [5.74, 6) is -0.201. The van der Waals surface area contributed by atoms with Crippen molar-refractivity contribution in [1.29, 1.82) is 0 Å². The molecule has 0 saturated carbocycles. The molecule has 0 aromatic heterocycles. The van der Waals surface area contributed by atoms with E-state index < -0.39 is 11.8 Å². The molecule has 0 bridgehead atoms. The number of anilines is 1. The average molecular weight is 357 g/mol. The number of hydrogen-bond acceptors (Lipinski definition) is 6. The van der Waals surface area contributed by atoms with Gasteiger partial charge in [0.15, 0.2) is 0 Å². The molecule has 26 heavy (non-hydrogen) atoms. The maximum Gasteiger partial charge on any atom is 0.329 e. The highest BCUT2D eigenvalue weighted by Crippen LogP contribution is 2.23. The van der Waals surface area contributed by atoms with Crippen LogP contribution in [0.25, 0.3) is 0 Å². The molecule has 0 aliphatic carbocycles. The molecule has 2 N–H and O–H groups in total. The minimum absolute atomic E-state index is 0.385. The Kier molecular flexibility index (Phi) is 6.55. The third kappa shape index (κ3) is 4.73. The lowest BCUT2D eigenvalue weighted by molar-refractivity contribution is -0.136. The van der Waals surface area contributed by atoms with Crippen molar-refractivity contribution in [3.05, 3.63) is 48.0 Å². The monoisotopic (exact) mass is 357 g/mol. The van der Waals surface area contributed by atoms with Gasteiger partial charge in [-0.1, -0.05) is 12.1 Å². The summed E-state index contributed by atoms with van der Waals surface area (Å²) in [6.07, 6.45) is 1.37. The highest BCUT2D eigenvalue weighted by molar-refractivity contribution is 6.39. The van der Waals surface area contributed by atoms with Crippen molar-refractivity contribution in [2.45, 2.75) is 0 Å². The number of hydrazone groups is 1. The summed E-state index contributed by atoms with van der Waals surface area (Å²) in [5, 5.41) is 6.23. The molecule has 0 spiro atoms. The fourth-order valence-electron chi connectivity index (χ4n) is 2.06. The van der Waals surface area contributed by atoms with Gasteiger partial charge in [-0.2, -0.15) is 5.10 Å². The van der Waals surface area contributed by atoms with Crippen LogP contribution in [0.2, 0.25) is 0 Å². The number of rotatable bonds is 6. The molecule has 8 nitrogen and oxygen atoms in total. The largest absolute Gasteiger partial charge is 0.497 e. The lowest BCUT2D eigenvalue weighted by Crippen LogP contribution is -2.32. The van der Waals surface area contributed by atoms with E-state index in [4.69, 9.17) is 14.2 Å². The zero-order valence-electron chi connectivity index (χ0n) is 14.6. The number of amides is 2. The number of benzene rings is 2. The van der Waals surface area contributed by atoms with Crippen molar-refractivity contribution in [1.82, 2.24) is 5.43 Å². The van der Waals surface area contributed by atoms with Crippen molar-refractivity contribution in [3.63, 3.8) is 0 Å². The van der Waals surface area contributed by atoms with Gasteiger partial charge in [0.05, 0.1) is 33.2 Å². The quantitative estimate of drug-likeness (QED) is 0.467. The molecule has 2 aromatic carbocycles. The van der Waals surface area contributed by atoms with Crippen LogP contribution in [0.3, 0.4) is 0 Å². The van der Waals surface area contributed by atoms with Crippen LogP contribution in [0.1, 0.15) is 5.56 Å². The van der Waals surface area contributed by atoms with Gasteiger partial charge < -0.3 is 19.5 Å². The Bertz CT molecular complexity index is 820. The third-order valence-electron chi connectivity index (χ3n) is 3.37. The van der Waals surface area contributed by atoms with E-state index in [0.717, 1.165) is 0 Å². The fraction of sp³-hybridized carbons (Fsp3) is 0.167. The number of hydrogen-bond donors (Lipinski definition) is 2. The van der Waals surface area contributed by atoms with Gasteiger partial charge in [0.2, 0.25) is 0 Å². The lowest BCUT2D eigenvalue weighted by Gasteiger charge is -2.09. The summed E-state index contributed by atoms with van der Waals surface area (Å²) in [5.41, 5.74) is 3.15. The number of ether oxygens (including phenoxy) is 3. The fourth-order valence-corrected chi connectivity index (χ4v) is 2.06. The Morgan fingerprint density at radius 2 is 1.65 bits per heavy atom. The summed E-state index contributed by atoms with van der Waals surface area (Å²) in [6, 6.07) is 11.9. The topological polar surface area (TPSA) is 98.2 Å². The van der Waals surface area contributed by atoms with Gasteiger partial charge in [-0.25, -0.2) is 5.43 Å². The Morgan fingerprint density at radius 3 is 2.35 bits per heavy atom. The Hall–Kier alpha value is -3.55. The van der Waals surface area contributed by atoms with Crippen LogP contribution >= 0.6 is 0 Å². The Morgan fingerprint density at radius 1 is 0.923 bits per heavy atom. The first kappa shape index (κ1) is 18.8. The lowest BCUT2D eigenvalue weighted by atomic mass is 10.2. The van der Waals surface area contributed by atoms with Crippen LogP contribution < -0.4 is 25.0 Å². The van der Waals surface area contributed by atoms with E-state index >= 15 is 0 Å². The first-order valence-electron chi connectivity index (χ1n) is 7.58. The van der Waals surface area contributed by atoms with E-state index in [1.807, 2.05) is 0 Å². The number of carbonyl (C=O) groups is 2. The van der Waals surface area contributed by atoms with Gasteiger partial charge >= 0.3 is 11.8 Å². The van der Waals surface area contributed by atoms with E-state index in [-0.39, 0.29) is 0 Å². The summed E-state index contributed by atoms with van der Waals surface area (Å²) in [4.78, 5) is 23.8. The first-order valence-corrected chi connectivity index (χ1v) is 7.58. The predicted molar refractivity (Wildman–Crippen MR) is 96.9 cm³/mol. The Labute approximate surface area is 150 Å². The molecule has 0 aliphatic heterocycles. The molecule has 0 fully saturated rings. The van der Waals surface area contributed by atoms with Crippen LogP contribution in [0.4, 0.5) is 5.69 Å². The third-order valence-corrected chi connectivity index (χ3v) is 3.37. The molecule has 2 rings (SSSR count). The van der Waals surface area contributed by atoms with E-state index in [1.165, 1.54) is 20.4 Å². The normalized spacial score (nSPS) is 10.3. The van der Waals surface area contributed by atoms with Crippen LogP contribution in [-0.4, -0.2) is 39.4 Å². The molecule has 0 radical (unpaired) electrons. The molecule has 0 atom stereocenters. The molecule has 8 heteroatoms. The SMILES string of the molecule is COc1ccc(C=NNC(=O)C(=O)Nc2ccccc2OC)c(OC)c1. The second-order valence-electron chi connectivity index (χ2n) is 4.96. The molecule has 2 aromatic rings. The Balaban J connectivity index is 1.99. The van der Waals surface area contributed by atoms with Crippen LogP contribution in [0.15, 0.2) is 47.6 Å². The number of nitrogens with one attached hydrogen (secondary N) is 2. The second kappa shape index (κ2) is 9.07. The van der Waals surface area contributed by atoms with Crippen molar-refractivity contribution < 1.29 is 23.8 Å². The molecule has 2 amide bonds. The van der Waals surface area contributed by atoms with E-state index in [1.54, 1.807) is 49.6 Å². The van der Waals surface area contributed by atoms with Gasteiger partial charge in [-0.15, -0.1) is 0 Å². The van der Waals surface area contributed by atoms with Crippen LogP contribution in [0.5, 0.6) is 17.2 Å². The molecular weight excluding hydrogens is 338 g/mol. The smallest absolute Gasteiger partial charge is 0.329 e. The van der Waals surface area contributed by atoms with Crippen molar-refractivity contribution in [2.75, 3.05) is 26.6 Å². The standard InChI is InChI=1S/C18H19N3O5/c1-24-13-9-8-12(16(10-13)26-3)11-19-21-18(23)17(22)20-14-6-4-5-7-15(14)25-2/h4-11H,1-3H3,(H,20,22)(H,21,23). The first-order chi connectivity index (χ1) is 12.6. The summed E-state index contributed by atoms with van der Waals surface area (Å²) >= 11 is 0. The number of methoxy groups -OCH3 is 3. The molecule has 0 heterocycles. The maximum atomic E-state index is 11.9. The van der Waals surface area contributed by atoms with E-state index in [0.29, 0.717) is 28.5 Å². The zero-order valence-corrected chi connectivity index (χ0v) is 14.6. The van der Waals surface area contributed by atoms with Crippen LogP contribution in [0, 0.1) is 0 Å². The van der Waals surface area contributed by atoms with Gasteiger partial charge in [0.1, 0.15) is 17.2 Å². The van der Waals surface area contributed by atoms with Crippen molar-refractivity contribution in [2.24, 2.45) is 5.10 Å². The molecule has 0 aliphatic rings. The molecular formula is C18H19N3O5. The maximum absolute atomic E-state index is 11.9. The molecule has 0 unspecified atom stereocenters. The zero-order chi connectivity index (χ0) is 18.9. The number of carbonyl (C=O) groups excluding carboxylic acids is 2. The van der Waals surface area contributed by atoms with E-state index in [9.17, 15) is 9.59 Å². The van der Waals surface area contributed by atoms with Gasteiger partial charge in [0.25, 0.3) is 0 Å². The minimum atomic E-state index is -0.917.